The summed E-state index contributed by atoms with van der Waals surface area (Å²) in [5.41, 5.74) is 1.69. The highest BCUT2D eigenvalue weighted by Crippen LogP contribution is 2.24. The third-order valence-electron chi connectivity index (χ3n) is 3.38. The largest absolute Gasteiger partial charge is 0.380 e. The Morgan fingerprint density at radius 2 is 2.25 bits per heavy atom. The van der Waals surface area contributed by atoms with Crippen LogP contribution < -0.4 is 10.6 Å². The monoisotopic (exact) mass is 267 g/mol. The summed E-state index contributed by atoms with van der Waals surface area (Å²) in [5.74, 6) is 0.0787. The van der Waals surface area contributed by atoms with Crippen LogP contribution in [-0.2, 0) is 4.79 Å². The standard InChI is InChI=1S/C14H13N5O/c15-7-12-14(16-8-9-5-6-13(20)17-9)10-3-1-2-4-11(10)18-19-12/h1-4,9H,5-6,8H2,(H,16,18)(H,17,20). The van der Waals surface area contributed by atoms with Crippen LogP contribution in [0.5, 0.6) is 0 Å². The number of benzene rings is 1. The summed E-state index contributed by atoms with van der Waals surface area (Å²) in [4.78, 5) is 11.2. The van der Waals surface area contributed by atoms with Crippen molar-refractivity contribution in [1.29, 1.82) is 5.26 Å². The van der Waals surface area contributed by atoms with Crippen molar-refractivity contribution in [2.75, 3.05) is 11.9 Å². The van der Waals surface area contributed by atoms with Gasteiger partial charge in [0.1, 0.15) is 6.07 Å². The highest BCUT2D eigenvalue weighted by molar-refractivity contribution is 5.92. The van der Waals surface area contributed by atoms with Crippen LogP contribution in [0.4, 0.5) is 5.69 Å². The van der Waals surface area contributed by atoms with Crippen molar-refractivity contribution in [2.45, 2.75) is 18.9 Å². The molecule has 3 rings (SSSR count). The maximum absolute atomic E-state index is 11.2. The van der Waals surface area contributed by atoms with Crippen LogP contribution in [0.25, 0.3) is 10.9 Å². The molecule has 1 aromatic carbocycles. The molecule has 0 aliphatic carbocycles. The molecule has 6 nitrogen and oxygen atoms in total. The highest BCUT2D eigenvalue weighted by atomic mass is 16.1. The molecule has 2 heterocycles. The zero-order chi connectivity index (χ0) is 13.9. The Hall–Kier alpha value is -2.68. The molecule has 1 aliphatic heterocycles. The van der Waals surface area contributed by atoms with E-state index in [-0.39, 0.29) is 17.6 Å². The van der Waals surface area contributed by atoms with Crippen molar-refractivity contribution in [3.05, 3.63) is 30.0 Å². The van der Waals surface area contributed by atoms with Crippen molar-refractivity contribution >= 4 is 22.5 Å². The minimum absolute atomic E-state index is 0.0787. The lowest BCUT2D eigenvalue weighted by molar-refractivity contribution is -0.119. The molecule has 1 amide bonds. The number of fused-ring (bicyclic) bond motifs is 1. The van der Waals surface area contributed by atoms with Gasteiger partial charge in [0.2, 0.25) is 5.91 Å². The Labute approximate surface area is 115 Å². The quantitative estimate of drug-likeness (QED) is 0.871. The smallest absolute Gasteiger partial charge is 0.220 e. The van der Waals surface area contributed by atoms with E-state index in [1.807, 2.05) is 30.3 Å². The van der Waals surface area contributed by atoms with Crippen LogP contribution in [0, 0.1) is 11.3 Å². The second kappa shape index (κ2) is 5.13. The number of amides is 1. The fourth-order valence-corrected chi connectivity index (χ4v) is 2.37. The van der Waals surface area contributed by atoms with Crippen molar-refractivity contribution in [3.63, 3.8) is 0 Å². The van der Waals surface area contributed by atoms with Gasteiger partial charge in [-0.1, -0.05) is 18.2 Å². The van der Waals surface area contributed by atoms with E-state index in [9.17, 15) is 4.79 Å². The minimum Gasteiger partial charge on any atom is -0.380 e. The lowest BCUT2D eigenvalue weighted by atomic mass is 10.1. The molecule has 1 unspecified atom stereocenters. The van der Waals surface area contributed by atoms with Crippen LogP contribution in [0.1, 0.15) is 18.5 Å². The number of carbonyl (C=O) groups excluding carboxylic acids is 1. The predicted molar refractivity (Wildman–Crippen MR) is 73.9 cm³/mol. The summed E-state index contributed by atoms with van der Waals surface area (Å²) in [5, 5.41) is 24.1. The van der Waals surface area contributed by atoms with E-state index in [4.69, 9.17) is 5.26 Å². The van der Waals surface area contributed by atoms with Crippen molar-refractivity contribution in [3.8, 4) is 6.07 Å². The van der Waals surface area contributed by atoms with Crippen LogP contribution in [0.3, 0.4) is 0 Å². The lowest BCUT2D eigenvalue weighted by Gasteiger charge is -2.14. The van der Waals surface area contributed by atoms with Gasteiger partial charge in [-0.25, -0.2) is 0 Å². The molecule has 100 valence electrons. The van der Waals surface area contributed by atoms with Crippen LogP contribution in [0.15, 0.2) is 24.3 Å². The molecule has 1 saturated heterocycles. The summed E-state index contributed by atoms with van der Waals surface area (Å²) in [6.45, 7) is 0.579. The number of nitriles is 1. The van der Waals surface area contributed by atoms with Gasteiger partial charge >= 0.3 is 0 Å². The van der Waals surface area contributed by atoms with Gasteiger partial charge in [0.05, 0.1) is 11.2 Å². The van der Waals surface area contributed by atoms with Crippen LogP contribution in [-0.4, -0.2) is 28.7 Å². The maximum Gasteiger partial charge on any atom is 0.220 e. The van der Waals surface area contributed by atoms with Crippen molar-refractivity contribution in [2.24, 2.45) is 0 Å². The molecule has 20 heavy (non-hydrogen) atoms. The molecule has 0 bridgehead atoms. The second-order valence-electron chi connectivity index (χ2n) is 4.74. The van der Waals surface area contributed by atoms with Gasteiger partial charge in [0, 0.05) is 24.4 Å². The Kier molecular flexibility index (Phi) is 3.17. The Morgan fingerprint density at radius 1 is 1.40 bits per heavy atom. The lowest BCUT2D eigenvalue weighted by Crippen LogP contribution is -2.32. The number of hydrogen-bond donors (Lipinski definition) is 2. The van der Waals surface area contributed by atoms with Gasteiger partial charge in [0.15, 0.2) is 5.69 Å². The van der Waals surface area contributed by atoms with Gasteiger partial charge in [-0.05, 0) is 12.5 Å². The molecule has 2 N–H and O–H groups in total. The molecule has 6 heteroatoms. The van der Waals surface area contributed by atoms with E-state index in [2.05, 4.69) is 20.8 Å². The first-order valence-corrected chi connectivity index (χ1v) is 6.46. The summed E-state index contributed by atoms with van der Waals surface area (Å²) >= 11 is 0. The van der Waals surface area contributed by atoms with E-state index >= 15 is 0 Å². The topological polar surface area (TPSA) is 90.7 Å². The molecule has 1 atom stereocenters. The zero-order valence-corrected chi connectivity index (χ0v) is 10.8. The average Bonchev–Trinajstić information content (AvgIpc) is 2.90. The van der Waals surface area contributed by atoms with Gasteiger partial charge in [-0.2, -0.15) is 5.26 Å². The number of aromatic nitrogens is 2. The molecule has 2 aromatic rings. The van der Waals surface area contributed by atoms with Crippen molar-refractivity contribution < 1.29 is 4.79 Å². The van der Waals surface area contributed by atoms with Crippen LogP contribution in [0.2, 0.25) is 0 Å². The molecule has 1 fully saturated rings. The van der Waals surface area contributed by atoms with E-state index < -0.39 is 0 Å². The molecule has 0 saturated carbocycles. The summed E-state index contributed by atoms with van der Waals surface area (Å²) in [6, 6.07) is 9.68. The second-order valence-corrected chi connectivity index (χ2v) is 4.74. The molecule has 0 radical (unpaired) electrons. The van der Waals surface area contributed by atoms with E-state index in [0.717, 1.165) is 17.3 Å². The first kappa shape index (κ1) is 12.4. The van der Waals surface area contributed by atoms with E-state index in [0.29, 0.717) is 18.7 Å². The number of nitrogens with zero attached hydrogens (tertiary/aromatic N) is 3. The third kappa shape index (κ3) is 2.26. The number of carbonyl (C=O) groups is 1. The zero-order valence-electron chi connectivity index (χ0n) is 10.8. The molecular weight excluding hydrogens is 254 g/mol. The Morgan fingerprint density at radius 3 is 3.00 bits per heavy atom. The maximum atomic E-state index is 11.2. The summed E-state index contributed by atoms with van der Waals surface area (Å²) in [7, 11) is 0. The average molecular weight is 267 g/mol. The first-order chi connectivity index (χ1) is 9.78. The third-order valence-corrected chi connectivity index (χ3v) is 3.38. The van der Waals surface area contributed by atoms with Crippen molar-refractivity contribution in [1.82, 2.24) is 15.5 Å². The number of hydrogen-bond acceptors (Lipinski definition) is 5. The molecular formula is C14H13N5O. The summed E-state index contributed by atoms with van der Waals surface area (Å²) < 4.78 is 0. The van der Waals surface area contributed by atoms with Crippen LogP contribution >= 0.6 is 0 Å². The minimum atomic E-state index is 0.0787. The number of rotatable bonds is 3. The fourth-order valence-electron chi connectivity index (χ4n) is 2.37. The number of anilines is 1. The summed E-state index contributed by atoms with van der Waals surface area (Å²) in [6.07, 6.45) is 1.37. The molecule has 0 spiro atoms. The fraction of sp³-hybridized carbons (Fsp3) is 0.286. The number of nitrogens with one attached hydrogen (secondary N) is 2. The van der Waals surface area contributed by atoms with Gasteiger partial charge < -0.3 is 10.6 Å². The van der Waals surface area contributed by atoms with E-state index in [1.165, 1.54) is 0 Å². The Bertz CT molecular complexity index is 706. The van der Waals surface area contributed by atoms with E-state index in [1.54, 1.807) is 0 Å². The highest BCUT2D eigenvalue weighted by Gasteiger charge is 2.21. The normalized spacial score (nSPS) is 17.8. The van der Waals surface area contributed by atoms with Gasteiger partial charge in [-0.3, -0.25) is 4.79 Å². The Balaban J connectivity index is 1.89. The molecule has 1 aromatic heterocycles. The van der Waals surface area contributed by atoms with Gasteiger partial charge in [-0.15, -0.1) is 10.2 Å². The predicted octanol–water partition coefficient (Wildman–Crippen LogP) is 1.19. The molecule has 1 aliphatic rings. The SMILES string of the molecule is N#Cc1nnc2ccccc2c1NCC1CCC(=O)N1. The first-order valence-electron chi connectivity index (χ1n) is 6.46. The van der Waals surface area contributed by atoms with Gasteiger partial charge in [0.25, 0.3) is 0 Å².